The fourth-order valence-electron chi connectivity index (χ4n) is 6.68. The summed E-state index contributed by atoms with van der Waals surface area (Å²) in [5.41, 5.74) is 11.1. The van der Waals surface area contributed by atoms with Gasteiger partial charge in [0.25, 0.3) is 0 Å². The number of hydrogen-bond acceptors (Lipinski definition) is 1. The van der Waals surface area contributed by atoms with Crippen LogP contribution in [0, 0.1) is 0 Å². The second-order valence-corrected chi connectivity index (χ2v) is 12.4. The molecule has 7 aromatic carbocycles. The molecule has 0 unspecified atom stereocenters. The van der Waals surface area contributed by atoms with Gasteiger partial charge in [0.15, 0.2) is 0 Å². The Morgan fingerprint density at radius 1 is 0.364 bits per heavy atom. The van der Waals surface area contributed by atoms with Crippen LogP contribution in [0.2, 0.25) is 0 Å². The first-order valence-corrected chi connectivity index (χ1v) is 15.8. The SMILES string of the molecule is c1ccc(-c2ccc(-n3c4ccccc4c4cc(-c5ccc(-c6cccc7c6sc6ccccc67)cc5)ccc43)cc2)cc1. The molecule has 0 spiro atoms. The van der Waals surface area contributed by atoms with Gasteiger partial charge in [0, 0.05) is 36.6 Å². The van der Waals surface area contributed by atoms with Gasteiger partial charge >= 0.3 is 0 Å². The zero-order chi connectivity index (χ0) is 29.0. The molecule has 44 heavy (non-hydrogen) atoms. The van der Waals surface area contributed by atoms with Crippen LogP contribution in [0.1, 0.15) is 0 Å². The Labute approximate surface area is 259 Å². The van der Waals surface area contributed by atoms with E-state index in [1.54, 1.807) is 0 Å². The molecular weight excluding hydrogens is 551 g/mol. The van der Waals surface area contributed by atoms with Crippen LogP contribution < -0.4 is 0 Å². The minimum Gasteiger partial charge on any atom is -0.309 e. The van der Waals surface area contributed by atoms with Crippen molar-refractivity contribution in [3.05, 3.63) is 164 Å². The number of hydrogen-bond donors (Lipinski definition) is 0. The van der Waals surface area contributed by atoms with E-state index in [0.29, 0.717) is 0 Å². The van der Waals surface area contributed by atoms with E-state index in [1.807, 2.05) is 11.3 Å². The smallest absolute Gasteiger partial charge is 0.0541 e. The first-order valence-electron chi connectivity index (χ1n) is 15.0. The number of benzene rings is 7. The van der Waals surface area contributed by atoms with E-state index in [2.05, 4.69) is 168 Å². The second-order valence-electron chi connectivity index (χ2n) is 11.4. The standard InChI is InChI=1S/C42H27NS/c1-2-9-28(10-3-1)29-21-24-33(25-22-29)43-39-15-6-4-11-35(39)38-27-32(23-26-40(38)43)30-17-19-31(20-18-30)34-13-8-14-37-36-12-5-7-16-41(36)44-42(34)37/h1-27H. The fourth-order valence-corrected chi connectivity index (χ4v) is 7.92. The van der Waals surface area contributed by atoms with Gasteiger partial charge in [-0.15, -0.1) is 11.3 Å². The number of nitrogens with zero attached hydrogens (tertiary/aromatic N) is 1. The Morgan fingerprint density at radius 3 is 1.80 bits per heavy atom. The van der Waals surface area contributed by atoms with Gasteiger partial charge in [0.2, 0.25) is 0 Å². The third-order valence-electron chi connectivity index (χ3n) is 8.84. The van der Waals surface area contributed by atoms with E-state index in [1.165, 1.54) is 81.0 Å². The Kier molecular flexibility index (Phi) is 5.75. The molecule has 2 heteroatoms. The van der Waals surface area contributed by atoms with Crippen molar-refractivity contribution in [2.45, 2.75) is 0 Å². The number of thiophene rings is 1. The molecular formula is C42H27NS. The highest BCUT2D eigenvalue weighted by atomic mass is 32.1. The first-order chi connectivity index (χ1) is 21.8. The van der Waals surface area contributed by atoms with Crippen LogP contribution in [0.3, 0.4) is 0 Å². The molecule has 0 aliphatic rings. The number of para-hydroxylation sites is 1. The maximum Gasteiger partial charge on any atom is 0.0541 e. The molecule has 1 nitrogen and oxygen atoms in total. The Bertz CT molecular complexity index is 2460. The van der Waals surface area contributed by atoms with Crippen molar-refractivity contribution in [3.63, 3.8) is 0 Å². The highest BCUT2D eigenvalue weighted by Crippen LogP contribution is 2.41. The van der Waals surface area contributed by atoms with E-state index in [-0.39, 0.29) is 0 Å². The molecule has 2 aromatic heterocycles. The van der Waals surface area contributed by atoms with Crippen LogP contribution in [0.25, 0.3) is 81.0 Å². The normalized spacial score (nSPS) is 11.6. The molecule has 0 fully saturated rings. The molecule has 0 saturated heterocycles. The van der Waals surface area contributed by atoms with Crippen LogP contribution in [-0.4, -0.2) is 4.57 Å². The average molecular weight is 578 g/mol. The van der Waals surface area contributed by atoms with Crippen molar-refractivity contribution in [1.82, 2.24) is 4.57 Å². The molecule has 0 saturated carbocycles. The Hall–Kier alpha value is -5.44. The van der Waals surface area contributed by atoms with E-state index in [9.17, 15) is 0 Å². The molecule has 0 radical (unpaired) electrons. The molecule has 0 atom stereocenters. The van der Waals surface area contributed by atoms with Crippen LogP contribution in [0.5, 0.6) is 0 Å². The topological polar surface area (TPSA) is 4.93 Å². The van der Waals surface area contributed by atoms with Crippen molar-refractivity contribution in [1.29, 1.82) is 0 Å². The summed E-state index contributed by atoms with van der Waals surface area (Å²) in [6.45, 7) is 0. The van der Waals surface area contributed by atoms with Crippen molar-refractivity contribution >= 4 is 53.3 Å². The summed E-state index contributed by atoms with van der Waals surface area (Å²) in [7, 11) is 0. The average Bonchev–Trinajstić information content (AvgIpc) is 3.64. The van der Waals surface area contributed by atoms with Gasteiger partial charge in [-0.3, -0.25) is 0 Å². The van der Waals surface area contributed by atoms with Crippen LogP contribution in [0.4, 0.5) is 0 Å². The molecule has 9 aromatic rings. The quantitative estimate of drug-likeness (QED) is 0.196. The molecule has 9 rings (SSSR count). The second kappa shape index (κ2) is 10.1. The van der Waals surface area contributed by atoms with Gasteiger partial charge < -0.3 is 4.57 Å². The van der Waals surface area contributed by atoms with E-state index < -0.39 is 0 Å². The lowest BCUT2D eigenvalue weighted by molar-refractivity contribution is 1.18. The van der Waals surface area contributed by atoms with Gasteiger partial charge in [0.1, 0.15) is 0 Å². The van der Waals surface area contributed by atoms with Crippen LogP contribution >= 0.6 is 11.3 Å². The molecule has 2 heterocycles. The maximum atomic E-state index is 2.39. The molecule has 0 aliphatic heterocycles. The Balaban J connectivity index is 1.12. The molecule has 0 aliphatic carbocycles. The summed E-state index contributed by atoms with van der Waals surface area (Å²) in [5, 5.41) is 5.21. The Morgan fingerprint density at radius 2 is 0.955 bits per heavy atom. The largest absolute Gasteiger partial charge is 0.309 e. The summed E-state index contributed by atoms with van der Waals surface area (Å²) >= 11 is 1.88. The predicted octanol–water partition coefficient (Wildman–Crippen LogP) is 12.2. The number of fused-ring (bicyclic) bond motifs is 6. The van der Waals surface area contributed by atoms with Gasteiger partial charge in [-0.05, 0) is 69.8 Å². The highest BCUT2D eigenvalue weighted by molar-refractivity contribution is 7.26. The summed E-state index contributed by atoms with van der Waals surface area (Å²) in [4.78, 5) is 0. The lowest BCUT2D eigenvalue weighted by atomic mass is 9.98. The lowest BCUT2D eigenvalue weighted by Crippen LogP contribution is -1.93. The zero-order valence-electron chi connectivity index (χ0n) is 23.9. The number of aromatic nitrogens is 1. The van der Waals surface area contributed by atoms with E-state index in [4.69, 9.17) is 0 Å². The van der Waals surface area contributed by atoms with Crippen molar-refractivity contribution in [3.8, 4) is 39.1 Å². The van der Waals surface area contributed by atoms with Crippen molar-refractivity contribution in [2.24, 2.45) is 0 Å². The fraction of sp³-hybridized carbons (Fsp3) is 0. The first kappa shape index (κ1) is 25.1. The van der Waals surface area contributed by atoms with Gasteiger partial charge in [0.05, 0.1) is 11.0 Å². The molecule has 0 N–H and O–H groups in total. The van der Waals surface area contributed by atoms with Crippen molar-refractivity contribution in [2.75, 3.05) is 0 Å². The highest BCUT2D eigenvalue weighted by Gasteiger charge is 2.14. The summed E-state index contributed by atoms with van der Waals surface area (Å²) in [5.74, 6) is 0. The minimum atomic E-state index is 1.17. The third kappa shape index (κ3) is 4.00. The van der Waals surface area contributed by atoms with Gasteiger partial charge in [-0.2, -0.15) is 0 Å². The monoisotopic (exact) mass is 577 g/mol. The zero-order valence-corrected chi connectivity index (χ0v) is 24.8. The summed E-state index contributed by atoms with van der Waals surface area (Å²) < 4.78 is 5.08. The maximum absolute atomic E-state index is 2.39. The molecule has 206 valence electrons. The molecule has 0 bridgehead atoms. The molecule has 0 amide bonds. The van der Waals surface area contributed by atoms with Crippen LogP contribution in [0.15, 0.2) is 164 Å². The van der Waals surface area contributed by atoms with Gasteiger partial charge in [-0.25, -0.2) is 0 Å². The third-order valence-corrected chi connectivity index (χ3v) is 10.1. The summed E-state index contributed by atoms with van der Waals surface area (Å²) in [6, 6.07) is 59.6. The predicted molar refractivity (Wildman–Crippen MR) is 190 cm³/mol. The van der Waals surface area contributed by atoms with Gasteiger partial charge in [-0.1, -0.05) is 127 Å². The lowest BCUT2D eigenvalue weighted by Gasteiger charge is -2.10. The van der Waals surface area contributed by atoms with E-state index >= 15 is 0 Å². The van der Waals surface area contributed by atoms with Crippen molar-refractivity contribution < 1.29 is 0 Å². The minimum absolute atomic E-state index is 1.17. The van der Waals surface area contributed by atoms with E-state index in [0.717, 1.165) is 0 Å². The van der Waals surface area contributed by atoms with Crippen LogP contribution in [-0.2, 0) is 0 Å². The summed E-state index contributed by atoms with van der Waals surface area (Å²) in [6.07, 6.45) is 0. The number of rotatable bonds is 4.